The topological polar surface area (TPSA) is 33.7 Å². The molecule has 1 N–H and O–H groups in total. The molecule has 1 aromatic carbocycles. The van der Waals surface area contributed by atoms with E-state index in [1.807, 2.05) is 6.07 Å². The van der Waals surface area contributed by atoms with Crippen molar-refractivity contribution in [1.82, 2.24) is 10.2 Å². The normalized spacial score (nSPS) is 22.6. The van der Waals surface area contributed by atoms with Crippen LogP contribution in [0.2, 0.25) is 0 Å². The van der Waals surface area contributed by atoms with E-state index >= 15 is 0 Å². The van der Waals surface area contributed by atoms with Gasteiger partial charge in [0.1, 0.15) is 0 Å². The lowest BCUT2D eigenvalue weighted by Gasteiger charge is -2.31. The van der Waals surface area contributed by atoms with Crippen molar-refractivity contribution in [3.8, 4) is 11.5 Å². The third-order valence-electron chi connectivity index (χ3n) is 5.11. The first-order chi connectivity index (χ1) is 10.8. The van der Waals surface area contributed by atoms with Crippen LogP contribution < -0.4 is 14.8 Å². The Morgan fingerprint density at radius 1 is 1.09 bits per heavy atom. The fourth-order valence-electron chi connectivity index (χ4n) is 3.88. The van der Waals surface area contributed by atoms with Gasteiger partial charge in [0.25, 0.3) is 0 Å². The van der Waals surface area contributed by atoms with E-state index in [0.717, 1.165) is 17.4 Å². The quantitative estimate of drug-likeness (QED) is 0.892. The van der Waals surface area contributed by atoms with Crippen LogP contribution in [0.4, 0.5) is 0 Å². The molecule has 0 aliphatic carbocycles. The molecule has 0 saturated carbocycles. The zero-order valence-corrected chi connectivity index (χ0v) is 15.0. The summed E-state index contributed by atoms with van der Waals surface area (Å²) in [6.45, 7) is 4.82. The Hall–Kier alpha value is -0.970. The zero-order chi connectivity index (χ0) is 15.4. The summed E-state index contributed by atoms with van der Waals surface area (Å²) in [5.41, 5.74) is 1.36. The lowest BCUT2D eigenvalue weighted by molar-refractivity contribution is 0.192. The highest BCUT2D eigenvalue weighted by molar-refractivity contribution is 5.85. The minimum atomic E-state index is 0. The first-order valence-electron chi connectivity index (χ1n) is 8.48. The molecular weight excluding hydrogens is 312 g/mol. The summed E-state index contributed by atoms with van der Waals surface area (Å²) in [5, 5.41) is 3.46. The molecule has 1 aromatic rings. The van der Waals surface area contributed by atoms with Crippen LogP contribution in [0.3, 0.4) is 0 Å². The highest BCUT2D eigenvalue weighted by Crippen LogP contribution is 2.37. The van der Waals surface area contributed by atoms with Gasteiger partial charge in [-0.05, 0) is 68.9 Å². The van der Waals surface area contributed by atoms with Gasteiger partial charge < -0.3 is 14.8 Å². The van der Waals surface area contributed by atoms with Gasteiger partial charge in [0.15, 0.2) is 11.5 Å². The van der Waals surface area contributed by atoms with E-state index in [0.29, 0.717) is 6.04 Å². The third-order valence-corrected chi connectivity index (χ3v) is 5.11. The maximum Gasteiger partial charge on any atom is 0.161 e. The molecule has 2 heterocycles. The second-order valence-corrected chi connectivity index (χ2v) is 6.46. The summed E-state index contributed by atoms with van der Waals surface area (Å²) in [5.74, 6) is 2.50. The molecule has 0 amide bonds. The largest absolute Gasteiger partial charge is 0.493 e. The molecule has 130 valence electrons. The molecule has 2 aliphatic rings. The lowest BCUT2D eigenvalue weighted by Crippen LogP contribution is -2.36. The summed E-state index contributed by atoms with van der Waals surface area (Å²) in [7, 11) is 3.40. The number of halogens is 1. The van der Waals surface area contributed by atoms with Crippen LogP contribution in [-0.2, 0) is 0 Å². The van der Waals surface area contributed by atoms with Crippen LogP contribution in [0.25, 0.3) is 0 Å². The van der Waals surface area contributed by atoms with Crippen molar-refractivity contribution in [3.05, 3.63) is 23.8 Å². The Bertz CT molecular complexity index is 492. The van der Waals surface area contributed by atoms with E-state index in [-0.39, 0.29) is 12.4 Å². The molecule has 0 spiro atoms. The number of piperidine rings is 1. The average Bonchev–Trinajstić information content (AvgIpc) is 3.03. The summed E-state index contributed by atoms with van der Waals surface area (Å²) in [4.78, 5) is 2.68. The van der Waals surface area contributed by atoms with Crippen molar-refractivity contribution >= 4 is 12.4 Å². The number of likely N-dealkylation sites (tertiary alicyclic amines) is 1. The van der Waals surface area contributed by atoms with E-state index in [2.05, 4.69) is 22.3 Å². The maximum absolute atomic E-state index is 5.47. The molecule has 1 unspecified atom stereocenters. The third kappa shape index (κ3) is 4.31. The molecule has 2 saturated heterocycles. The maximum atomic E-state index is 5.47. The minimum Gasteiger partial charge on any atom is -0.493 e. The van der Waals surface area contributed by atoms with Crippen LogP contribution in [0.1, 0.15) is 37.3 Å². The number of benzene rings is 1. The summed E-state index contributed by atoms with van der Waals surface area (Å²) >= 11 is 0. The average molecular weight is 341 g/mol. The molecule has 4 nitrogen and oxygen atoms in total. The van der Waals surface area contributed by atoms with Gasteiger partial charge in [-0.3, -0.25) is 4.90 Å². The van der Waals surface area contributed by atoms with Gasteiger partial charge >= 0.3 is 0 Å². The molecule has 0 bridgehead atoms. The SMILES string of the molecule is COc1ccc(C2CCCN2CC2CCNCC2)cc1OC.Cl. The standard InChI is InChI=1S/C18H28N2O2.ClH/c1-21-17-6-5-15(12-18(17)22-2)16-4-3-11-20(16)13-14-7-9-19-10-8-14;/h5-6,12,14,16,19H,3-4,7-11,13H2,1-2H3;1H. The number of rotatable bonds is 5. The number of hydrogen-bond acceptors (Lipinski definition) is 4. The Balaban J connectivity index is 0.00000192. The fraction of sp³-hybridized carbons (Fsp3) is 0.667. The molecule has 2 aliphatic heterocycles. The van der Waals surface area contributed by atoms with Crippen molar-refractivity contribution in [3.63, 3.8) is 0 Å². The second kappa shape index (κ2) is 8.76. The van der Waals surface area contributed by atoms with Crippen molar-refractivity contribution < 1.29 is 9.47 Å². The van der Waals surface area contributed by atoms with Gasteiger partial charge in [-0.15, -0.1) is 12.4 Å². The van der Waals surface area contributed by atoms with E-state index in [4.69, 9.17) is 9.47 Å². The Labute approximate surface area is 145 Å². The van der Waals surface area contributed by atoms with Gasteiger partial charge in [-0.25, -0.2) is 0 Å². The van der Waals surface area contributed by atoms with Crippen LogP contribution >= 0.6 is 12.4 Å². The molecule has 0 radical (unpaired) electrons. The van der Waals surface area contributed by atoms with Crippen LogP contribution in [-0.4, -0.2) is 45.3 Å². The highest BCUT2D eigenvalue weighted by Gasteiger charge is 2.29. The van der Waals surface area contributed by atoms with Crippen LogP contribution in [0, 0.1) is 5.92 Å². The summed E-state index contributed by atoms with van der Waals surface area (Å²) in [6.07, 6.45) is 5.18. The van der Waals surface area contributed by atoms with Crippen molar-refractivity contribution in [1.29, 1.82) is 0 Å². The molecule has 23 heavy (non-hydrogen) atoms. The first kappa shape index (κ1) is 18.4. The molecule has 5 heteroatoms. The molecular formula is C18H29ClN2O2. The zero-order valence-electron chi connectivity index (χ0n) is 14.2. The van der Waals surface area contributed by atoms with E-state index in [1.165, 1.54) is 57.4 Å². The number of hydrogen-bond donors (Lipinski definition) is 1. The predicted octanol–water partition coefficient (Wildman–Crippen LogP) is 3.26. The molecule has 0 aromatic heterocycles. The lowest BCUT2D eigenvalue weighted by atomic mass is 9.96. The number of ether oxygens (including phenoxy) is 2. The van der Waals surface area contributed by atoms with Gasteiger partial charge in [0.2, 0.25) is 0 Å². The van der Waals surface area contributed by atoms with Crippen molar-refractivity contribution in [2.45, 2.75) is 31.7 Å². The van der Waals surface area contributed by atoms with Crippen LogP contribution in [0.15, 0.2) is 18.2 Å². The minimum absolute atomic E-state index is 0. The monoisotopic (exact) mass is 340 g/mol. The van der Waals surface area contributed by atoms with Crippen molar-refractivity contribution in [2.75, 3.05) is 40.4 Å². The summed E-state index contributed by atoms with van der Waals surface area (Å²) < 4.78 is 10.8. The van der Waals surface area contributed by atoms with E-state index < -0.39 is 0 Å². The Morgan fingerprint density at radius 2 is 1.83 bits per heavy atom. The smallest absolute Gasteiger partial charge is 0.161 e. The van der Waals surface area contributed by atoms with Gasteiger partial charge in [0.05, 0.1) is 14.2 Å². The van der Waals surface area contributed by atoms with Crippen LogP contribution in [0.5, 0.6) is 11.5 Å². The highest BCUT2D eigenvalue weighted by atomic mass is 35.5. The summed E-state index contributed by atoms with van der Waals surface area (Å²) in [6, 6.07) is 6.93. The fourth-order valence-corrected chi connectivity index (χ4v) is 3.88. The first-order valence-corrected chi connectivity index (χ1v) is 8.48. The number of nitrogens with zero attached hydrogens (tertiary/aromatic N) is 1. The Morgan fingerprint density at radius 3 is 2.52 bits per heavy atom. The van der Waals surface area contributed by atoms with Gasteiger partial charge in [-0.2, -0.15) is 0 Å². The second-order valence-electron chi connectivity index (χ2n) is 6.46. The van der Waals surface area contributed by atoms with E-state index in [9.17, 15) is 0 Å². The molecule has 1 atom stereocenters. The number of nitrogens with one attached hydrogen (secondary N) is 1. The van der Waals surface area contributed by atoms with Gasteiger partial charge in [0, 0.05) is 12.6 Å². The number of methoxy groups -OCH3 is 2. The molecule has 3 rings (SSSR count). The molecule has 2 fully saturated rings. The Kier molecular flexibility index (Phi) is 7.00. The predicted molar refractivity (Wildman–Crippen MR) is 95.9 cm³/mol. The van der Waals surface area contributed by atoms with Gasteiger partial charge in [-0.1, -0.05) is 6.07 Å². The van der Waals surface area contributed by atoms with E-state index in [1.54, 1.807) is 14.2 Å². The van der Waals surface area contributed by atoms with Crippen molar-refractivity contribution in [2.24, 2.45) is 5.92 Å².